The first-order valence-corrected chi connectivity index (χ1v) is 10.4. The second kappa shape index (κ2) is 10.5. The summed E-state index contributed by atoms with van der Waals surface area (Å²) < 4.78 is 37.3. The van der Waals surface area contributed by atoms with Gasteiger partial charge in [-0.05, 0) is 31.4 Å². The van der Waals surface area contributed by atoms with E-state index in [2.05, 4.69) is 14.9 Å². The lowest BCUT2D eigenvalue weighted by Crippen LogP contribution is -2.42. The second-order valence-corrected chi connectivity index (χ2v) is 7.77. The van der Waals surface area contributed by atoms with Gasteiger partial charge in [-0.25, -0.2) is 19.8 Å². The first kappa shape index (κ1) is 25.0. The van der Waals surface area contributed by atoms with E-state index >= 15 is 0 Å². The van der Waals surface area contributed by atoms with Crippen molar-refractivity contribution in [3.63, 3.8) is 0 Å². The molecule has 34 heavy (non-hydrogen) atoms. The summed E-state index contributed by atoms with van der Waals surface area (Å²) in [6.07, 6.45) is 0.198. The van der Waals surface area contributed by atoms with Gasteiger partial charge in [0.25, 0.3) is 0 Å². The minimum absolute atomic E-state index is 0.0200. The molecule has 1 atom stereocenters. The van der Waals surface area contributed by atoms with E-state index in [1.807, 2.05) is 19.1 Å². The van der Waals surface area contributed by atoms with Crippen molar-refractivity contribution in [2.45, 2.75) is 38.4 Å². The van der Waals surface area contributed by atoms with Crippen LogP contribution in [0, 0.1) is 24.2 Å². The number of carboxylic acid groups (broad SMARTS) is 1. The van der Waals surface area contributed by atoms with E-state index in [9.17, 15) is 18.0 Å². The van der Waals surface area contributed by atoms with Crippen molar-refractivity contribution in [1.82, 2.24) is 15.0 Å². The van der Waals surface area contributed by atoms with Gasteiger partial charge >= 0.3 is 12.1 Å². The third-order valence-corrected chi connectivity index (χ3v) is 5.38. The van der Waals surface area contributed by atoms with Gasteiger partial charge in [0, 0.05) is 31.5 Å². The third kappa shape index (κ3) is 6.02. The monoisotopic (exact) mass is 481 g/mol. The van der Waals surface area contributed by atoms with E-state index in [4.69, 9.17) is 24.4 Å². The average Bonchev–Trinajstić information content (AvgIpc) is 3.47. The Balaban J connectivity index is 0.000000406. The van der Waals surface area contributed by atoms with Gasteiger partial charge in [0.1, 0.15) is 35.7 Å². The Bertz CT molecular complexity index is 1060. The predicted octanol–water partition coefficient (Wildman–Crippen LogP) is 3.00. The number of hydrogen-bond donors (Lipinski definition) is 1. The predicted molar refractivity (Wildman–Crippen MR) is 109 cm³/mol. The Labute approximate surface area is 192 Å². The number of aryl methyl sites for hydroxylation is 1. The van der Waals surface area contributed by atoms with Crippen LogP contribution in [-0.4, -0.2) is 57.9 Å². The first-order valence-electron chi connectivity index (χ1n) is 10.4. The van der Waals surface area contributed by atoms with Crippen LogP contribution in [0.15, 0.2) is 29.1 Å². The van der Waals surface area contributed by atoms with Crippen LogP contribution in [0.1, 0.15) is 42.3 Å². The van der Waals surface area contributed by atoms with Gasteiger partial charge in [-0.2, -0.15) is 18.4 Å². The number of carboxylic acids is 1. The summed E-state index contributed by atoms with van der Waals surface area (Å²) in [7, 11) is 0. The van der Waals surface area contributed by atoms with E-state index in [1.54, 1.807) is 12.3 Å². The van der Waals surface area contributed by atoms with Crippen molar-refractivity contribution in [1.29, 1.82) is 5.26 Å². The Morgan fingerprint density at radius 3 is 2.44 bits per heavy atom. The Kier molecular flexibility index (Phi) is 7.72. The number of nitriles is 1. The zero-order chi connectivity index (χ0) is 24.9. The first-order chi connectivity index (χ1) is 16.1. The number of aliphatic carboxylic acids is 1. The topological polar surface area (TPSA) is 133 Å². The van der Waals surface area contributed by atoms with Crippen molar-refractivity contribution < 1.29 is 37.1 Å². The third-order valence-electron chi connectivity index (χ3n) is 5.38. The quantitative estimate of drug-likeness (QED) is 0.702. The van der Waals surface area contributed by atoms with Crippen LogP contribution < -0.4 is 4.90 Å². The molecule has 1 unspecified atom stereocenters. The number of aromatic nitrogens is 2. The van der Waals surface area contributed by atoms with Gasteiger partial charge in [0.2, 0.25) is 5.91 Å². The standard InChI is InChI=1S/C19H21N5O3.C2HF3O2/c1-13-8-17(26-11-13)16-4-7-27-24(16)19(25)14-2-5-23(6-3-14)18-9-15(10-20)21-12-22-18;3-2(4,5)1(6)7/h8-9,11-12,14,16H,2-7H2,1H3;(H,6,7). The highest BCUT2D eigenvalue weighted by atomic mass is 19.4. The lowest BCUT2D eigenvalue weighted by Gasteiger charge is -2.34. The average molecular weight is 481 g/mol. The number of piperidine rings is 1. The lowest BCUT2D eigenvalue weighted by molar-refractivity contribution is -0.192. The molecule has 2 aromatic rings. The highest BCUT2D eigenvalue weighted by molar-refractivity contribution is 5.78. The van der Waals surface area contributed by atoms with E-state index in [0.29, 0.717) is 38.2 Å². The van der Waals surface area contributed by atoms with Gasteiger partial charge in [0.05, 0.1) is 12.9 Å². The zero-order valence-electron chi connectivity index (χ0n) is 18.2. The fourth-order valence-electron chi connectivity index (χ4n) is 3.69. The molecule has 10 nitrogen and oxygen atoms in total. The molecule has 2 aliphatic rings. The molecular formula is C21H22F3N5O5. The summed E-state index contributed by atoms with van der Waals surface area (Å²) in [5.41, 5.74) is 1.39. The molecule has 2 aromatic heterocycles. The maximum atomic E-state index is 13.0. The molecule has 1 amide bonds. The van der Waals surface area contributed by atoms with E-state index in [0.717, 1.165) is 23.6 Å². The molecule has 4 rings (SSSR count). The molecule has 2 aliphatic heterocycles. The highest BCUT2D eigenvalue weighted by Crippen LogP contribution is 2.34. The second-order valence-electron chi connectivity index (χ2n) is 7.77. The fourth-order valence-corrected chi connectivity index (χ4v) is 3.69. The van der Waals surface area contributed by atoms with Crippen LogP contribution in [0.4, 0.5) is 19.0 Å². The summed E-state index contributed by atoms with van der Waals surface area (Å²) in [6, 6.07) is 5.52. The van der Waals surface area contributed by atoms with E-state index in [-0.39, 0.29) is 17.9 Å². The van der Waals surface area contributed by atoms with Crippen LogP contribution in [-0.2, 0) is 14.4 Å². The molecule has 0 spiro atoms. The van der Waals surface area contributed by atoms with Crippen LogP contribution in [0.3, 0.4) is 0 Å². The summed E-state index contributed by atoms with van der Waals surface area (Å²) in [5, 5.41) is 17.6. The molecule has 2 fully saturated rings. The molecule has 0 saturated carbocycles. The normalized spacial score (nSPS) is 18.7. The lowest BCUT2D eigenvalue weighted by atomic mass is 9.95. The Morgan fingerprint density at radius 2 is 1.88 bits per heavy atom. The summed E-state index contributed by atoms with van der Waals surface area (Å²) in [6.45, 7) is 3.90. The van der Waals surface area contributed by atoms with Crippen molar-refractivity contribution in [2.75, 3.05) is 24.6 Å². The molecule has 4 heterocycles. The molecule has 0 radical (unpaired) electrons. The van der Waals surface area contributed by atoms with Crippen LogP contribution in [0.5, 0.6) is 0 Å². The fraction of sp³-hybridized carbons (Fsp3) is 0.476. The number of carbonyl (C=O) groups excluding carboxylic acids is 1. The Hall–Kier alpha value is -3.66. The van der Waals surface area contributed by atoms with Crippen LogP contribution >= 0.6 is 0 Å². The number of carbonyl (C=O) groups is 2. The summed E-state index contributed by atoms with van der Waals surface area (Å²) >= 11 is 0. The number of anilines is 1. The maximum Gasteiger partial charge on any atom is 0.490 e. The van der Waals surface area contributed by atoms with Crippen LogP contribution in [0.25, 0.3) is 0 Å². The molecule has 1 N–H and O–H groups in total. The minimum Gasteiger partial charge on any atom is -0.475 e. The van der Waals surface area contributed by atoms with Gasteiger partial charge in [-0.15, -0.1) is 0 Å². The molecule has 0 aromatic carbocycles. The molecule has 13 heteroatoms. The van der Waals surface area contributed by atoms with Gasteiger partial charge < -0.3 is 14.4 Å². The number of rotatable bonds is 3. The zero-order valence-corrected chi connectivity index (χ0v) is 18.2. The number of hydroxylamine groups is 2. The summed E-state index contributed by atoms with van der Waals surface area (Å²) in [5.74, 6) is -1.32. The highest BCUT2D eigenvalue weighted by Gasteiger charge is 2.39. The summed E-state index contributed by atoms with van der Waals surface area (Å²) in [4.78, 5) is 37.8. The smallest absolute Gasteiger partial charge is 0.475 e. The number of furan rings is 1. The van der Waals surface area contributed by atoms with Gasteiger partial charge in [-0.3, -0.25) is 9.63 Å². The van der Waals surface area contributed by atoms with E-state index < -0.39 is 12.1 Å². The van der Waals surface area contributed by atoms with Crippen molar-refractivity contribution in [2.24, 2.45) is 5.92 Å². The number of alkyl halides is 3. The van der Waals surface area contributed by atoms with Crippen LogP contribution in [0.2, 0.25) is 0 Å². The molecule has 182 valence electrons. The molecular weight excluding hydrogens is 459 g/mol. The molecule has 2 saturated heterocycles. The minimum atomic E-state index is -5.08. The maximum absolute atomic E-state index is 13.0. The van der Waals surface area contributed by atoms with Crippen molar-refractivity contribution in [3.05, 3.63) is 41.7 Å². The number of hydrogen-bond acceptors (Lipinski definition) is 8. The van der Waals surface area contributed by atoms with E-state index in [1.165, 1.54) is 11.4 Å². The largest absolute Gasteiger partial charge is 0.490 e. The van der Waals surface area contributed by atoms with Gasteiger partial charge in [0.15, 0.2) is 0 Å². The number of halogens is 3. The SMILES string of the molecule is Cc1coc(C2CCON2C(=O)C2CCN(c3cc(C#N)ncn3)CC2)c1.O=C(O)C(F)(F)F. The Morgan fingerprint density at radius 1 is 1.21 bits per heavy atom. The molecule has 0 aliphatic carbocycles. The molecule has 0 bridgehead atoms. The number of nitrogens with zero attached hydrogens (tertiary/aromatic N) is 5. The number of amides is 1. The van der Waals surface area contributed by atoms with Gasteiger partial charge in [-0.1, -0.05) is 0 Å². The van der Waals surface area contributed by atoms with Crippen molar-refractivity contribution >= 4 is 17.7 Å². The van der Waals surface area contributed by atoms with Crippen molar-refractivity contribution in [3.8, 4) is 6.07 Å².